The number of hydrogen-bond acceptors (Lipinski definition) is 3. The second kappa shape index (κ2) is 13.0. The molecule has 0 spiro atoms. The van der Waals surface area contributed by atoms with Crippen molar-refractivity contribution in [1.82, 2.24) is 4.90 Å². The predicted molar refractivity (Wildman–Crippen MR) is 124 cm³/mol. The number of nitrogens with two attached hydrogens (primary N) is 1. The molecule has 0 aliphatic heterocycles. The molecule has 2 aromatic carbocycles. The van der Waals surface area contributed by atoms with Crippen LogP contribution < -0.4 is 16.3 Å². The molecule has 0 amide bonds. The first-order valence-electron chi connectivity index (χ1n) is 9.12. The third-order valence-corrected chi connectivity index (χ3v) is 8.82. The average molecular weight is 602 g/mol. The largest absolute Gasteiger partial charge is 1.00 e. The van der Waals surface area contributed by atoms with E-state index in [0.29, 0.717) is 16.0 Å². The van der Waals surface area contributed by atoms with E-state index < -0.39 is 7.92 Å². The Morgan fingerprint density at radius 3 is 1.74 bits per heavy atom. The fourth-order valence-electron chi connectivity index (χ4n) is 3.35. The number of nitrogens with zero attached hydrogens (tertiary/aromatic N) is 1. The summed E-state index contributed by atoms with van der Waals surface area (Å²) in [6.07, 6.45) is 5.13. The maximum atomic E-state index is 6.48. The Balaban J connectivity index is 0.000000456. The summed E-state index contributed by atoms with van der Waals surface area (Å²) in [5.74, 6) is 0. The van der Waals surface area contributed by atoms with E-state index >= 15 is 0 Å². The monoisotopic (exact) mass is 601 g/mol. The van der Waals surface area contributed by atoms with Crippen molar-refractivity contribution in [2.24, 2.45) is 5.73 Å². The summed E-state index contributed by atoms with van der Waals surface area (Å²) in [6, 6.07) is 22.4. The van der Waals surface area contributed by atoms with E-state index in [0.717, 1.165) is 0 Å². The Labute approximate surface area is 192 Å². The molecule has 27 heavy (non-hydrogen) atoms. The van der Waals surface area contributed by atoms with Crippen molar-refractivity contribution < 1.29 is 22.4 Å². The summed E-state index contributed by atoms with van der Waals surface area (Å²) in [7, 11) is 2.88. The maximum Gasteiger partial charge on any atom is 1.00 e. The summed E-state index contributed by atoms with van der Waals surface area (Å²) in [6.45, 7) is 0. The van der Waals surface area contributed by atoms with Gasteiger partial charge in [-0.1, -0.05) is 47.1 Å². The van der Waals surface area contributed by atoms with Crippen molar-refractivity contribution in [3.05, 3.63) is 60.7 Å². The number of rotatable bonds is 3. The molecule has 1 aliphatic rings. The molecular weight excluding hydrogens is 572 g/mol. The molecule has 2 N–H and O–H groups in total. The zero-order chi connectivity index (χ0) is 18.9. The molecule has 1 fully saturated rings. The van der Waals surface area contributed by atoms with Gasteiger partial charge in [0, 0.05) is 20.1 Å². The molecule has 0 heterocycles. The SMILES string of the molecule is CN(C)C(=S)[S-].N[C@@H]1CCCC[C@H]1[PH+](c1ccccc1)c1ccccc1.[Au+]. The van der Waals surface area contributed by atoms with Crippen LogP contribution in [0.2, 0.25) is 0 Å². The molecule has 0 saturated heterocycles. The fourth-order valence-corrected chi connectivity index (χ4v) is 6.73. The van der Waals surface area contributed by atoms with Crippen LogP contribution in [-0.2, 0) is 35.0 Å². The van der Waals surface area contributed by atoms with Gasteiger partial charge in [-0.3, -0.25) is 0 Å². The van der Waals surface area contributed by atoms with Crippen molar-refractivity contribution in [2.75, 3.05) is 14.1 Å². The van der Waals surface area contributed by atoms with Crippen LogP contribution in [0.1, 0.15) is 25.7 Å². The molecule has 6 heteroatoms. The summed E-state index contributed by atoms with van der Waals surface area (Å²) in [4.78, 5) is 1.71. The maximum absolute atomic E-state index is 6.48. The minimum Gasteiger partial charge on any atom is -0.411 e. The Morgan fingerprint density at radius 1 is 0.963 bits per heavy atom. The number of benzene rings is 2. The minimum atomic E-state index is -0.774. The van der Waals surface area contributed by atoms with Crippen LogP contribution in [0.4, 0.5) is 0 Å². The van der Waals surface area contributed by atoms with E-state index in [1.54, 1.807) is 4.90 Å². The van der Waals surface area contributed by atoms with Gasteiger partial charge >= 0.3 is 22.4 Å². The van der Waals surface area contributed by atoms with Gasteiger partial charge in [0.1, 0.15) is 0 Å². The van der Waals surface area contributed by atoms with E-state index in [9.17, 15) is 0 Å². The van der Waals surface area contributed by atoms with Crippen LogP contribution in [0.15, 0.2) is 60.7 Å². The van der Waals surface area contributed by atoms with Crippen molar-refractivity contribution in [3.63, 3.8) is 0 Å². The normalized spacial score (nSPS) is 18.7. The molecule has 0 aromatic heterocycles. The fraction of sp³-hybridized carbons (Fsp3) is 0.381. The Morgan fingerprint density at radius 2 is 1.37 bits per heavy atom. The van der Waals surface area contributed by atoms with E-state index in [1.165, 1.54) is 36.3 Å². The molecule has 0 bridgehead atoms. The smallest absolute Gasteiger partial charge is 0.411 e. The van der Waals surface area contributed by atoms with Crippen LogP contribution in [0.25, 0.3) is 0 Å². The van der Waals surface area contributed by atoms with E-state index in [1.807, 2.05) is 14.1 Å². The van der Waals surface area contributed by atoms with Gasteiger partial charge in [-0.2, -0.15) is 0 Å². The Bertz CT molecular complexity index is 631. The second-order valence-electron chi connectivity index (χ2n) is 6.86. The zero-order valence-corrected chi connectivity index (χ0v) is 20.7. The first-order valence-corrected chi connectivity index (χ1v) is 11.5. The first kappa shape index (κ1) is 24.7. The van der Waals surface area contributed by atoms with Gasteiger partial charge in [0.05, 0.1) is 24.2 Å². The zero-order valence-electron chi connectivity index (χ0n) is 15.9. The van der Waals surface area contributed by atoms with Crippen molar-refractivity contribution in [1.29, 1.82) is 0 Å². The third-order valence-electron chi connectivity index (χ3n) is 4.72. The van der Waals surface area contributed by atoms with Crippen molar-refractivity contribution in [2.45, 2.75) is 37.4 Å². The van der Waals surface area contributed by atoms with E-state index in [-0.39, 0.29) is 22.4 Å². The average Bonchev–Trinajstić information content (AvgIpc) is 2.66. The van der Waals surface area contributed by atoms with Gasteiger partial charge in [-0.25, -0.2) is 0 Å². The molecule has 2 nitrogen and oxygen atoms in total. The molecule has 0 radical (unpaired) electrons. The van der Waals surface area contributed by atoms with Gasteiger partial charge in [0.25, 0.3) is 0 Å². The van der Waals surface area contributed by atoms with Gasteiger partial charge in [0.15, 0.2) is 0 Å². The van der Waals surface area contributed by atoms with Crippen molar-refractivity contribution in [3.8, 4) is 0 Å². The summed E-state index contributed by atoms with van der Waals surface area (Å²) in [5, 5.41) is 3.01. The van der Waals surface area contributed by atoms with Gasteiger partial charge in [0.2, 0.25) is 0 Å². The summed E-state index contributed by atoms with van der Waals surface area (Å²) < 4.78 is 0.509. The van der Waals surface area contributed by atoms with Crippen LogP contribution in [-0.4, -0.2) is 35.0 Å². The predicted octanol–water partition coefficient (Wildman–Crippen LogP) is 3.50. The van der Waals surface area contributed by atoms with Gasteiger partial charge in [-0.15, -0.1) is 0 Å². The van der Waals surface area contributed by atoms with Crippen molar-refractivity contribution >= 4 is 47.7 Å². The topological polar surface area (TPSA) is 29.3 Å². The van der Waals surface area contributed by atoms with E-state index in [4.69, 9.17) is 5.73 Å². The minimum absolute atomic E-state index is 0. The summed E-state index contributed by atoms with van der Waals surface area (Å²) >= 11 is 9.12. The molecule has 0 unspecified atom stereocenters. The molecule has 1 aliphatic carbocycles. The standard InChI is InChI=1S/C18H22NP.C3H7NS2.Au/c19-17-13-7-8-14-18(17)20(15-9-3-1-4-10-15)16-11-5-2-6-12-16;1-4(2)3(5)6;/h1-6,9-12,17-18H,7-8,13-14,19H2;1-2H3,(H,5,6);/q;;+1/t17-,18-;;/m1../s1. The van der Waals surface area contributed by atoms with Crippen LogP contribution in [0.5, 0.6) is 0 Å². The molecule has 1 saturated carbocycles. The van der Waals surface area contributed by atoms with Crippen LogP contribution in [0.3, 0.4) is 0 Å². The van der Waals surface area contributed by atoms with Crippen LogP contribution in [0, 0.1) is 0 Å². The Hall–Kier alpha value is -0.320. The van der Waals surface area contributed by atoms with Gasteiger partial charge in [-0.05, 0) is 43.5 Å². The van der Waals surface area contributed by atoms with Crippen LogP contribution >= 0.6 is 20.1 Å². The molecule has 3 rings (SSSR count). The number of hydrogen-bond donors (Lipinski definition) is 1. The number of thiocarbonyl (C=S) groups is 1. The van der Waals surface area contributed by atoms with E-state index in [2.05, 4.69) is 85.5 Å². The molecule has 2 atom stereocenters. The quantitative estimate of drug-likeness (QED) is 0.253. The third kappa shape index (κ3) is 7.91. The summed E-state index contributed by atoms with van der Waals surface area (Å²) in [5.41, 5.74) is 7.15. The second-order valence-corrected chi connectivity index (χ2v) is 10.6. The van der Waals surface area contributed by atoms with Gasteiger partial charge < -0.3 is 35.5 Å². The Kier molecular flexibility index (Phi) is 11.9. The molecule has 2 aromatic rings. The molecular formula is C21H29AuN2PS2+. The molecule has 150 valence electrons. The first-order chi connectivity index (χ1) is 12.5.